The van der Waals surface area contributed by atoms with E-state index in [1.54, 1.807) is 30.0 Å². The van der Waals surface area contributed by atoms with Gasteiger partial charge in [0.05, 0.1) is 31.0 Å². The predicted molar refractivity (Wildman–Crippen MR) is 168 cm³/mol. The highest BCUT2D eigenvalue weighted by atomic mass is 16.8. The summed E-state index contributed by atoms with van der Waals surface area (Å²) in [5.74, 6) is -1.62. The third-order valence-corrected chi connectivity index (χ3v) is 7.32. The number of hydroxylamine groups is 2. The van der Waals surface area contributed by atoms with Crippen molar-refractivity contribution in [2.45, 2.75) is 19.4 Å². The molecule has 12 heteroatoms. The largest absolute Gasteiger partial charge is 0.527 e. The molecule has 46 heavy (non-hydrogen) atoms. The van der Waals surface area contributed by atoms with Crippen LogP contribution >= 0.6 is 0 Å². The first-order valence-electron chi connectivity index (χ1n) is 14.8. The Kier molecular flexibility index (Phi) is 10.3. The fourth-order valence-corrected chi connectivity index (χ4v) is 4.96. The van der Waals surface area contributed by atoms with E-state index in [1.165, 1.54) is 17.2 Å². The number of hydrogen-bond donors (Lipinski definition) is 2. The summed E-state index contributed by atoms with van der Waals surface area (Å²) in [4.78, 5) is 66.9. The molecule has 0 radical (unpaired) electrons. The minimum Gasteiger partial charge on any atom is -0.478 e. The Morgan fingerprint density at radius 1 is 0.848 bits per heavy atom. The Balaban J connectivity index is 1.41. The fourth-order valence-electron chi connectivity index (χ4n) is 4.96. The van der Waals surface area contributed by atoms with Gasteiger partial charge in [0.1, 0.15) is 11.7 Å². The molecule has 1 aliphatic heterocycles. The standard InChI is InChI=1S/C34H33N5O7/c1-2-45-34(44)46-39-19-17-38(18-20-39)32(41)29(21-23-13-15-26(16-14-23)33(42)43)37-31(40)28-22-27(24-9-5-3-6-10-24)35-30(36-28)25-11-7-4-8-12-25/h3-16,22,29H,2,17-21H2,1H3,(H,37,40)(H,42,43)/t29-/m0/s1. The Morgan fingerprint density at radius 2 is 1.48 bits per heavy atom. The number of carbonyl (C=O) groups excluding carboxylic acids is 3. The molecule has 1 saturated heterocycles. The van der Waals surface area contributed by atoms with E-state index in [4.69, 9.17) is 14.6 Å². The summed E-state index contributed by atoms with van der Waals surface area (Å²) < 4.78 is 4.83. The first-order chi connectivity index (χ1) is 22.3. The molecule has 2 N–H and O–H groups in total. The van der Waals surface area contributed by atoms with Crippen LogP contribution in [-0.2, 0) is 20.8 Å². The van der Waals surface area contributed by atoms with Gasteiger partial charge in [-0.1, -0.05) is 72.8 Å². The Labute approximate surface area is 265 Å². The lowest BCUT2D eigenvalue weighted by atomic mass is 10.0. The molecule has 1 fully saturated rings. The van der Waals surface area contributed by atoms with Gasteiger partial charge in [-0.15, -0.1) is 5.06 Å². The SMILES string of the molecule is CCOC(=O)ON1CCN(C(=O)[C@H](Cc2ccc(C(=O)O)cc2)NC(=O)c2cc(-c3ccccc3)nc(-c3ccccc3)n2)CC1. The quantitative estimate of drug-likeness (QED) is 0.247. The predicted octanol–water partition coefficient (Wildman–Crippen LogP) is 4.08. The number of aromatic carboxylic acids is 1. The molecular weight excluding hydrogens is 590 g/mol. The van der Waals surface area contributed by atoms with Crippen LogP contribution in [-0.4, -0.2) is 87.8 Å². The lowest BCUT2D eigenvalue weighted by Crippen LogP contribution is -2.55. The lowest BCUT2D eigenvalue weighted by Gasteiger charge is -2.35. The summed E-state index contributed by atoms with van der Waals surface area (Å²) in [7, 11) is 0. The maximum Gasteiger partial charge on any atom is 0.527 e. The van der Waals surface area contributed by atoms with E-state index in [9.17, 15) is 24.3 Å². The topological polar surface area (TPSA) is 151 Å². The van der Waals surface area contributed by atoms with Gasteiger partial charge in [0.2, 0.25) is 5.91 Å². The smallest absolute Gasteiger partial charge is 0.478 e. The number of rotatable bonds is 10. The van der Waals surface area contributed by atoms with Crippen LogP contribution in [0.25, 0.3) is 22.6 Å². The molecular formula is C34H33N5O7. The van der Waals surface area contributed by atoms with E-state index in [0.29, 0.717) is 17.1 Å². The number of amides is 2. The van der Waals surface area contributed by atoms with Gasteiger partial charge < -0.3 is 24.9 Å². The zero-order valence-electron chi connectivity index (χ0n) is 25.2. The van der Waals surface area contributed by atoms with Crippen molar-refractivity contribution < 1.29 is 33.9 Å². The Hall–Kier alpha value is -5.62. The summed E-state index contributed by atoms with van der Waals surface area (Å²) >= 11 is 0. The van der Waals surface area contributed by atoms with Crippen LogP contribution in [0.4, 0.5) is 4.79 Å². The molecule has 0 bridgehead atoms. The number of piperazine rings is 1. The van der Waals surface area contributed by atoms with Crippen LogP contribution in [0.3, 0.4) is 0 Å². The molecule has 5 rings (SSSR count). The van der Waals surface area contributed by atoms with Crippen molar-refractivity contribution in [3.8, 4) is 22.6 Å². The van der Waals surface area contributed by atoms with E-state index in [0.717, 1.165) is 11.1 Å². The zero-order chi connectivity index (χ0) is 32.5. The van der Waals surface area contributed by atoms with Gasteiger partial charge in [-0.25, -0.2) is 19.6 Å². The van der Waals surface area contributed by atoms with Crippen LogP contribution in [0, 0.1) is 0 Å². The summed E-state index contributed by atoms with van der Waals surface area (Å²) in [6.07, 6.45) is -0.710. The summed E-state index contributed by atoms with van der Waals surface area (Å²) in [6, 6.07) is 25.4. The number of ether oxygens (including phenoxy) is 1. The van der Waals surface area contributed by atoms with Crippen molar-refractivity contribution in [1.82, 2.24) is 25.2 Å². The lowest BCUT2D eigenvalue weighted by molar-refractivity contribution is -0.157. The second-order valence-electron chi connectivity index (χ2n) is 10.5. The van der Waals surface area contributed by atoms with Crippen molar-refractivity contribution in [3.63, 3.8) is 0 Å². The molecule has 1 atom stereocenters. The molecule has 2 heterocycles. The number of carbonyl (C=O) groups is 4. The normalized spacial score (nSPS) is 13.8. The van der Waals surface area contributed by atoms with Gasteiger partial charge in [0, 0.05) is 30.6 Å². The van der Waals surface area contributed by atoms with Crippen molar-refractivity contribution in [3.05, 3.63) is 108 Å². The van der Waals surface area contributed by atoms with E-state index >= 15 is 0 Å². The van der Waals surface area contributed by atoms with E-state index in [1.807, 2.05) is 60.7 Å². The van der Waals surface area contributed by atoms with E-state index in [-0.39, 0.29) is 56.4 Å². The molecule has 1 aliphatic rings. The van der Waals surface area contributed by atoms with Crippen molar-refractivity contribution >= 4 is 23.9 Å². The van der Waals surface area contributed by atoms with Gasteiger partial charge in [-0.3, -0.25) is 9.59 Å². The third kappa shape index (κ3) is 8.10. The molecule has 1 aromatic heterocycles. The van der Waals surface area contributed by atoms with E-state index < -0.39 is 24.1 Å². The van der Waals surface area contributed by atoms with Gasteiger partial charge in [0.15, 0.2) is 5.82 Å². The minimum absolute atomic E-state index is 0.0828. The Bertz CT molecular complexity index is 1620. The summed E-state index contributed by atoms with van der Waals surface area (Å²) in [5.41, 5.74) is 2.92. The van der Waals surface area contributed by atoms with Crippen LogP contribution in [0.1, 0.15) is 33.3 Å². The van der Waals surface area contributed by atoms with Gasteiger partial charge >= 0.3 is 12.1 Å². The number of carboxylic acid groups (broad SMARTS) is 1. The highest BCUT2D eigenvalue weighted by molar-refractivity contribution is 5.97. The first kappa shape index (κ1) is 31.8. The molecule has 3 aromatic carbocycles. The summed E-state index contributed by atoms with van der Waals surface area (Å²) in [5, 5.41) is 13.6. The fraction of sp³-hybridized carbons (Fsp3) is 0.235. The van der Waals surface area contributed by atoms with Crippen molar-refractivity contribution in [2.75, 3.05) is 32.8 Å². The van der Waals surface area contributed by atoms with Crippen LogP contribution < -0.4 is 5.32 Å². The van der Waals surface area contributed by atoms with Crippen LogP contribution in [0.15, 0.2) is 91.0 Å². The van der Waals surface area contributed by atoms with E-state index in [2.05, 4.69) is 10.3 Å². The molecule has 4 aromatic rings. The highest BCUT2D eigenvalue weighted by Gasteiger charge is 2.31. The van der Waals surface area contributed by atoms with Gasteiger partial charge in [0.25, 0.3) is 5.91 Å². The number of nitrogens with one attached hydrogen (secondary N) is 1. The van der Waals surface area contributed by atoms with Gasteiger partial charge in [-0.05, 0) is 30.7 Å². The second-order valence-corrected chi connectivity index (χ2v) is 10.5. The average molecular weight is 624 g/mol. The first-order valence-corrected chi connectivity index (χ1v) is 14.8. The van der Waals surface area contributed by atoms with Crippen molar-refractivity contribution in [1.29, 1.82) is 0 Å². The van der Waals surface area contributed by atoms with Crippen LogP contribution in [0.5, 0.6) is 0 Å². The minimum atomic E-state index is -1.07. The molecule has 0 saturated carbocycles. The average Bonchev–Trinajstić information content (AvgIpc) is 3.09. The van der Waals surface area contributed by atoms with Crippen molar-refractivity contribution in [2.24, 2.45) is 0 Å². The molecule has 236 valence electrons. The number of benzene rings is 3. The maximum absolute atomic E-state index is 13.9. The number of hydrogen-bond acceptors (Lipinski definition) is 9. The Morgan fingerprint density at radius 3 is 2.09 bits per heavy atom. The maximum atomic E-state index is 13.9. The molecule has 2 amide bonds. The zero-order valence-corrected chi connectivity index (χ0v) is 25.2. The molecule has 12 nitrogen and oxygen atoms in total. The molecule has 0 unspecified atom stereocenters. The number of carboxylic acids is 1. The van der Waals surface area contributed by atoms with Crippen LogP contribution in [0.2, 0.25) is 0 Å². The molecule has 0 aliphatic carbocycles. The third-order valence-electron chi connectivity index (χ3n) is 7.32. The highest BCUT2D eigenvalue weighted by Crippen LogP contribution is 2.23. The molecule has 0 spiro atoms. The van der Waals surface area contributed by atoms with Gasteiger partial charge in [-0.2, -0.15) is 0 Å². The number of aromatic nitrogens is 2. The second kappa shape index (κ2) is 14.9. The monoisotopic (exact) mass is 623 g/mol. The summed E-state index contributed by atoms with van der Waals surface area (Å²) in [6.45, 7) is 2.85. The number of nitrogens with zero attached hydrogens (tertiary/aromatic N) is 4.